The van der Waals surface area contributed by atoms with Crippen molar-refractivity contribution in [3.8, 4) is 17.2 Å². The van der Waals surface area contributed by atoms with E-state index in [1.54, 1.807) is 56.4 Å². The fourth-order valence-corrected chi connectivity index (χ4v) is 5.09. The molecule has 7 aromatic rings. The first-order chi connectivity index (χ1) is 20.2. The van der Waals surface area contributed by atoms with Crippen LogP contribution in [0.15, 0.2) is 73.2 Å². The fraction of sp³-hybridized carbons (Fsp3) is 0.0323. The van der Waals surface area contributed by atoms with Crippen LogP contribution in [-0.4, -0.2) is 44.0 Å². The molecule has 4 aromatic heterocycles. The topological polar surface area (TPSA) is 138 Å². The number of phenols is 3. The normalized spacial score (nSPS) is 10.8. The van der Waals surface area contributed by atoms with E-state index in [-0.39, 0.29) is 35.6 Å². The van der Waals surface area contributed by atoms with E-state index >= 15 is 0 Å². The Bertz CT molecular complexity index is 1920. The third-order valence-corrected chi connectivity index (χ3v) is 7.27. The predicted molar refractivity (Wildman–Crippen MR) is 162 cm³/mol. The molecule has 0 unspecified atom stereocenters. The van der Waals surface area contributed by atoms with Gasteiger partial charge in [-0.1, -0.05) is 44.8 Å². The SMILES string of the molecule is [CH2-]n1ccc2cc(Cc3nc(Nc4cc5ccn([CH2-])c5cc4O)nc(Nc4cc5ccn([CH2-])c5cc4O)n3)c(O)cc21.[Rf].[Rf].[Rf]. The van der Waals surface area contributed by atoms with Crippen molar-refractivity contribution in [1.82, 2.24) is 28.7 Å². The second kappa shape index (κ2) is 10.1. The molecule has 0 aliphatic carbocycles. The minimum atomic E-state index is -0.0101. The molecule has 5 N–H and O–H groups in total. The van der Waals surface area contributed by atoms with Crippen molar-refractivity contribution in [2.45, 2.75) is 6.42 Å². The molecule has 14 heteroatoms. The summed E-state index contributed by atoms with van der Waals surface area (Å²) in [6.45, 7) is 0. The maximum Gasteiger partial charge on any atom is 0.232 e. The van der Waals surface area contributed by atoms with E-state index in [9.17, 15) is 15.3 Å². The van der Waals surface area contributed by atoms with Crippen LogP contribution in [0.1, 0.15) is 11.4 Å². The zero-order valence-electron chi connectivity index (χ0n) is 24.4. The summed E-state index contributed by atoms with van der Waals surface area (Å²) in [7, 11) is 11.8. The molecule has 3 aromatic carbocycles. The Morgan fingerprint density at radius 3 is 1.40 bits per heavy atom. The number of hydrogen-bond donors (Lipinski definition) is 5. The van der Waals surface area contributed by atoms with Crippen LogP contribution in [0.3, 0.4) is 0 Å². The largest absolute Gasteiger partial charge is 0.509 e. The Morgan fingerprint density at radius 1 is 0.556 bits per heavy atom. The van der Waals surface area contributed by atoms with Gasteiger partial charge in [0.15, 0.2) is 0 Å². The van der Waals surface area contributed by atoms with Gasteiger partial charge < -0.3 is 39.7 Å². The van der Waals surface area contributed by atoms with Crippen LogP contribution in [-0.2, 0) is 6.42 Å². The Hall–Kier alpha value is -9.10. The molecular weight excluding hydrogens is 1330 g/mol. The van der Waals surface area contributed by atoms with E-state index in [0.29, 0.717) is 22.8 Å². The summed E-state index contributed by atoms with van der Waals surface area (Å²) in [6, 6.07) is 16.0. The molecule has 0 aliphatic heterocycles. The van der Waals surface area contributed by atoms with Crippen molar-refractivity contribution < 1.29 is 15.3 Å². The molecular formula is C31H25N8O3Rf3-3. The van der Waals surface area contributed by atoms with Gasteiger partial charge in [-0.3, -0.25) is 0 Å². The summed E-state index contributed by atoms with van der Waals surface area (Å²) >= 11 is 0. The summed E-state index contributed by atoms with van der Waals surface area (Å²) in [5, 5.41) is 41.1. The van der Waals surface area contributed by atoms with Gasteiger partial charge in [0.2, 0.25) is 11.9 Å². The molecule has 0 fully saturated rings. The Labute approximate surface area is 240 Å². The van der Waals surface area contributed by atoms with E-state index < -0.39 is 0 Å². The zero-order chi connectivity index (χ0) is 29.1. The van der Waals surface area contributed by atoms with Crippen LogP contribution in [0.2, 0.25) is 0 Å². The van der Waals surface area contributed by atoms with Crippen LogP contribution >= 0.6 is 0 Å². The Morgan fingerprint density at radius 2 is 0.956 bits per heavy atom. The number of rotatable bonds is 6. The molecule has 0 bridgehead atoms. The summed E-state index contributed by atoms with van der Waals surface area (Å²) in [4.78, 5) is 13.7. The standard InChI is InChI=1S/C31H25N8O3.3Rf/c1-37-7-4-17-10-20(26(40)14-23(17)37)13-29-34-30(32-21-11-18-5-8-38(2)24(18)15-27(21)41)36-31(35-29)33-22-12-19-6-9-39(3)25(19)16-28(22)42;;;/h4-12,14-16,40-42H,1-3,13H2,(H2,32,33,34,35,36);;;/q-3;;;. The van der Waals surface area contributed by atoms with Gasteiger partial charge in [-0.25, -0.2) is 0 Å². The quantitative estimate of drug-likeness (QED) is 0.103. The minimum absolute atomic E-state index is 0. The monoisotopic (exact) mass is 1360 g/mol. The Balaban J connectivity index is 0.00000154. The third-order valence-electron chi connectivity index (χ3n) is 7.27. The van der Waals surface area contributed by atoms with Gasteiger partial charge >= 0.3 is 0 Å². The van der Waals surface area contributed by atoms with Gasteiger partial charge in [0.05, 0.1) is 11.4 Å². The average molecular weight is 1360 g/mol. The van der Waals surface area contributed by atoms with Crippen molar-refractivity contribution >= 4 is 56.0 Å². The smallest absolute Gasteiger partial charge is 0.232 e. The molecule has 4 heterocycles. The molecule has 0 spiro atoms. The van der Waals surface area contributed by atoms with Crippen LogP contribution in [0.4, 0.5) is 23.3 Å². The van der Waals surface area contributed by atoms with E-state index in [1.165, 1.54) is 0 Å². The van der Waals surface area contributed by atoms with Crippen molar-refractivity contribution in [2.24, 2.45) is 0 Å². The van der Waals surface area contributed by atoms with Crippen LogP contribution < -0.4 is 10.6 Å². The number of phenolic OH excluding ortho intramolecular Hbond substituents is 3. The van der Waals surface area contributed by atoms with E-state index in [4.69, 9.17) is 0 Å². The van der Waals surface area contributed by atoms with E-state index in [2.05, 4.69) is 46.7 Å². The first kappa shape index (κ1) is 28.9. The summed E-state index contributed by atoms with van der Waals surface area (Å²) in [5.74, 6) is 0.707. The van der Waals surface area contributed by atoms with Crippen molar-refractivity contribution in [1.29, 1.82) is 0 Å². The second-order valence-electron chi connectivity index (χ2n) is 10.1. The van der Waals surface area contributed by atoms with E-state index in [1.807, 2.05) is 30.5 Å². The van der Waals surface area contributed by atoms with Gasteiger partial charge in [0, 0.05) is 6.42 Å². The Kier molecular flexibility index (Phi) is 6.51. The van der Waals surface area contributed by atoms with Crippen molar-refractivity contribution in [3.63, 3.8) is 0 Å². The molecule has 0 aliphatic rings. The maximum atomic E-state index is 10.8. The summed E-state index contributed by atoms with van der Waals surface area (Å²) in [5.41, 5.74) is 3.71. The minimum Gasteiger partial charge on any atom is -0.509 e. The zero-order valence-corrected chi connectivity index (χ0v) is 43.6. The molecule has 0 saturated carbocycles. The van der Waals surface area contributed by atoms with Gasteiger partial charge in [0.25, 0.3) is 0 Å². The number of anilines is 4. The molecule has 0 atom stereocenters. The number of aromatic nitrogens is 6. The van der Waals surface area contributed by atoms with Crippen LogP contribution in [0.5, 0.6) is 17.2 Å². The summed E-state index contributed by atoms with van der Waals surface area (Å²) in [6.07, 6.45) is 5.60. The van der Waals surface area contributed by atoms with Crippen molar-refractivity contribution in [2.75, 3.05) is 10.6 Å². The molecule has 0 amide bonds. The number of nitrogens with zero attached hydrogens (tertiary/aromatic N) is 6. The predicted octanol–water partition coefficient (Wildman–Crippen LogP) is 5.85. The van der Waals surface area contributed by atoms with Gasteiger partial charge in [-0.05, 0) is 29.8 Å². The van der Waals surface area contributed by atoms with E-state index in [0.717, 1.165) is 32.7 Å². The van der Waals surface area contributed by atoms with Gasteiger partial charge in [-0.15, -0.1) is 57.9 Å². The number of aromatic hydroxyl groups is 3. The molecule has 216 valence electrons. The first-order valence-electron chi connectivity index (χ1n) is 12.9. The number of fused-ring (bicyclic) bond motifs is 3. The summed E-state index contributed by atoms with van der Waals surface area (Å²) < 4.78 is 5.02. The molecule has 7 rings (SSSR count). The molecule has 45 heavy (non-hydrogen) atoms. The number of hydrogen-bond acceptors (Lipinski definition) is 8. The second-order valence-corrected chi connectivity index (χ2v) is 10.1. The number of nitrogens with one attached hydrogen (secondary N) is 2. The van der Waals surface area contributed by atoms with Crippen LogP contribution in [0.25, 0.3) is 32.7 Å². The van der Waals surface area contributed by atoms with Crippen molar-refractivity contribution in [3.05, 3.63) is 106 Å². The fourth-order valence-electron chi connectivity index (χ4n) is 5.09. The van der Waals surface area contributed by atoms with Gasteiger partial charge in [0.1, 0.15) is 23.1 Å². The first-order valence-corrected chi connectivity index (χ1v) is 12.9. The molecule has 0 saturated heterocycles. The van der Waals surface area contributed by atoms with Crippen LogP contribution in [0, 0.1) is 21.1 Å². The molecule has 11 nitrogen and oxygen atoms in total. The number of benzene rings is 3. The maximum absolute atomic E-state index is 10.8. The average Bonchev–Trinajstić information content (AvgIpc) is 3.61. The van der Waals surface area contributed by atoms with Gasteiger partial charge in [-0.2, -0.15) is 15.0 Å². The molecule has 0 radical (unpaired) electrons. The third kappa shape index (κ3) is 4.67.